The molecule has 1 aliphatic heterocycles. The standard InChI is InChI=1S/C14H26N2O/c1-15(2)9-5-10-16-11-8-14(17)12-6-3-4-7-13(12)16/h12-13H,3-11H2,1-2H3/t12-,13+/m0/s1. The summed E-state index contributed by atoms with van der Waals surface area (Å²) in [7, 11) is 4.26. The predicted octanol–water partition coefficient (Wildman–Crippen LogP) is 1.77. The summed E-state index contributed by atoms with van der Waals surface area (Å²) in [6.07, 6.45) is 7.00. The van der Waals surface area contributed by atoms with E-state index in [1.165, 1.54) is 32.2 Å². The molecule has 0 amide bonds. The van der Waals surface area contributed by atoms with E-state index >= 15 is 0 Å². The maximum atomic E-state index is 11.9. The maximum Gasteiger partial charge on any atom is 0.138 e. The third-order valence-electron chi connectivity index (χ3n) is 4.31. The Bertz CT molecular complexity index is 265. The SMILES string of the molecule is CN(C)CCCN1CCC(=O)[C@H]2CCCC[C@H]21. The predicted molar refractivity (Wildman–Crippen MR) is 70.1 cm³/mol. The van der Waals surface area contributed by atoms with Crippen LogP contribution < -0.4 is 0 Å². The van der Waals surface area contributed by atoms with Crippen LogP contribution in [0.25, 0.3) is 0 Å². The molecule has 17 heavy (non-hydrogen) atoms. The zero-order valence-electron chi connectivity index (χ0n) is 11.3. The summed E-state index contributed by atoms with van der Waals surface area (Å²) >= 11 is 0. The van der Waals surface area contributed by atoms with Gasteiger partial charge in [0.25, 0.3) is 0 Å². The number of rotatable bonds is 4. The van der Waals surface area contributed by atoms with E-state index in [2.05, 4.69) is 23.9 Å². The Labute approximate surface area is 105 Å². The first kappa shape index (κ1) is 13.0. The second-order valence-electron chi connectivity index (χ2n) is 5.87. The molecule has 0 unspecified atom stereocenters. The van der Waals surface area contributed by atoms with Gasteiger partial charge in [0.1, 0.15) is 5.78 Å². The van der Waals surface area contributed by atoms with Gasteiger partial charge in [-0.1, -0.05) is 12.8 Å². The molecule has 3 nitrogen and oxygen atoms in total. The van der Waals surface area contributed by atoms with E-state index in [1.807, 2.05) is 0 Å². The maximum absolute atomic E-state index is 11.9. The van der Waals surface area contributed by atoms with E-state index in [1.54, 1.807) is 0 Å². The number of carbonyl (C=O) groups excluding carboxylic acids is 1. The van der Waals surface area contributed by atoms with Gasteiger partial charge in [-0.2, -0.15) is 0 Å². The second-order valence-corrected chi connectivity index (χ2v) is 5.87. The highest BCUT2D eigenvalue weighted by molar-refractivity contribution is 5.82. The minimum Gasteiger partial charge on any atom is -0.309 e. The molecule has 0 spiro atoms. The Kier molecular flexibility index (Phi) is 4.57. The summed E-state index contributed by atoms with van der Waals surface area (Å²) in [6.45, 7) is 3.34. The van der Waals surface area contributed by atoms with Crippen molar-refractivity contribution in [2.75, 3.05) is 33.7 Å². The van der Waals surface area contributed by atoms with Crippen molar-refractivity contribution >= 4 is 5.78 Å². The highest BCUT2D eigenvalue weighted by Gasteiger charge is 2.37. The van der Waals surface area contributed by atoms with Crippen LogP contribution in [0, 0.1) is 5.92 Å². The topological polar surface area (TPSA) is 23.6 Å². The number of ketones is 1. The smallest absolute Gasteiger partial charge is 0.138 e. The zero-order valence-corrected chi connectivity index (χ0v) is 11.3. The van der Waals surface area contributed by atoms with Crippen molar-refractivity contribution in [1.82, 2.24) is 9.80 Å². The Morgan fingerprint density at radius 3 is 2.82 bits per heavy atom. The molecule has 2 atom stereocenters. The monoisotopic (exact) mass is 238 g/mol. The van der Waals surface area contributed by atoms with Crippen molar-refractivity contribution in [3.8, 4) is 0 Å². The Morgan fingerprint density at radius 2 is 2.06 bits per heavy atom. The molecule has 0 radical (unpaired) electrons. The summed E-state index contributed by atoms with van der Waals surface area (Å²) in [6, 6.07) is 0.576. The van der Waals surface area contributed by atoms with Crippen LogP contribution in [0.4, 0.5) is 0 Å². The molecule has 3 heteroatoms. The summed E-state index contributed by atoms with van der Waals surface area (Å²) in [5.41, 5.74) is 0. The average molecular weight is 238 g/mol. The van der Waals surface area contributed by atoms with Crippen molar-refractivity contribution in [3.63, 3.8) is 0 Å². The molecular weight excluding hydrogens is 212 g/mol. The molecule has 0 bridgehead atoms. The molecule has 0 aromatic carbocycles. The summed E-state index contributed by atoms with van der Waals surface area (Å²) in [5, 5.41) is 0. The van der Waals surface area contributed by atoms with Gasteiger partial charge in [0, 0.05) is 24.9 Å². The molecule has 98 valence electrons. The number of piperidine rings is 1. The summed E-state index contributed by atoms with van der Waals surface area (Å²) < 4.78 is 0. The van der Waals surface area contributed by atoms with Gasteiger partial charge in [-0.25, -0.2) is 0 Å². The number of Topliss-reactive ketones (excluding diaryl/α,β-unsaturated/α-hetero) is 1. The van der Waals surface area contributed by atoms with Crippen molar-refractivity contribution in [3.05, 3.63) is 0 Å². The molecule has 1 heterocycles. The van der Waals surface area contributed by atoms with Gasteiger partial charge in [0.15, 0.2) is 0 Å². The number of nitrogens with zero attached hydrogens (tertiary/aromatic N) is 2. The average Bonchev–Trinajstić information content (AvgIpc) is 2.32. The lowest BCUT2D eigenvalue weighted by Crippen LogP contribution is -2.51. The second kappa shape index (κ2) is 5.96. The number of fused-ring (bicyclic) bond motifs is 1. The number of hydrogen-bond acceptors (Lipinski definition) is 3. The number of likely N-dealkylation sites (tertiary alicyclic amines) is 1. The van der Waals surface area contributed by atoms with Crippen LogP contribution in [0.15, 0.2) is 0 Å². The van der Waals surface area contributed by atoms with Gasteiger partial charge in [0.2, 0.25) is 0 Å². The third-order valence-corrected chi connectivity index (χ3v) is 4.31. The van der Waals surface area contributed by atoms with Crippen molar-refractivity contribution in [2.45, 2.75) is 44.6 Å². The van der Waals surface area contributed by atoms with E-state index in [9.17, 15) is 4.79 Å². The van der Waals surface area contributed by atoms with E-state index < -0.39 is 0 Å². The summed E-state index contributed by atoms with van der Waals surface area (Å²) in [5.74, 6) is 0.912. The van der Waals surface area contributed by atoms with E-state index in [-0.39, 0.29) is 0 Å². The Morgan fingerprint density at radius 1 is 1.29 bits per heavy atom. The molecule has 2 aliphatic rings. The van der Waals surface area contributed by atoms with Crippen LogP contribution in [0.3, 0.4) is 0 Å². The van der Waals surface area contributed by atoms with E-state index in [0.717, 1.165) is 25.9 Å². The minimum absolute atomic E-state index is 0.372. The zero-order chi connectivity index (χ0) is 12.3. The fourth-order valence-electron chi connectivity index (χ4n) is 3.40. The van der Waals surface area contributed by atoms with E-state index in [0.29, 0.717) is 17.7 Å². The summed E-state index contributed by atoms with van der Waals surface area (Å²) in [4.78, 5) is 16.8. The lowest BCUT2D eigenvalue weighted by atomic mass is 9.77. The molecule has 1 saturated heterocycles. The highest BCUT2D eigenvalue weighted by Crippen LogP contribution is 2.33. The number of carbonyl (C=O) groups is 1. The fourth-order valence-corrected chi connectivity index (χ4v) is 3.40. The molecule has 0 N–H and O–H groups in total. The quantitative estimate of drug-likeness (QED) is 0.746. The lowest BCUT2D eigenvalue weighted by molar-refractivity contribution is -0.130. The largest absolute Gasteiger partial charge is 0.309 e. The van der Waals surface area contributed by atoms with Gasteiger partial charge < -0.3 is 4.90 Å². The number of hydrogen-bond donors (Lipinski definition) is 0. The third kappa shape index (κ3) is 3.29. The van der Waals surface area contributed by atoms with Gasteiger partial charge in [-0.3, -0.25) is 9.69 Å². The van der Waals surface area contributed by atoms with Crippen LogP contribution in [-0.2, 0) is 4.79 Å². The highest BCUT2D eigenvalue weighted by atomic mass is 16.1. The van der Waals surface area contributed by atoms with Gasteiger partial charge in [-0.15, -0.1) is 0 Å². The first-order chi connectivity index (χ1) is 8.18. The van der Waals surface area contributed by atoms with Crippen LogP contribution in [-0.4, -0.2) is 55.4 Å². The van der Waals surface area contributed by atoms with Crippen LogP contribution in [0.5, 0.6) is 0 Å². The first-order valence-electron chi connectivity index (χ1n) is 7.10. The first-order valence-corrected chi connectivity index (χ1v) is 7.10. The van der Waals surface area contributed by atoms with Crippen LogP contribution in [0.1, 0.15) is 38.5 Å². The molecule has 2 rings (SSSR count). The van der Waals surface area contributed by atoms with Gasteiger partial charge in [0.05, 0.1) is 0 Å². The molecule has 1 saturated carbocycles. The Balaban J connectivity index is 1.86. The van der Waals surface area contributed by atoms with Crippen molar-refractivity contribution < 1.29 is 4.79 Å². The normalized spacial score (nSPS) is 30.6. The molecule has 1 aliphatic carbocycles. The fraction of sp³-hybridized carbons (Fsp3) is 0.929. The Hall–Kier alpha value is -0.410. The van der Waals surface area contributed by atoms with Crippen LogP contribution in [0.2, 0.25) is 0 Å². The molecule has 2 fully saturated rings. The van der Waals surface area contributed by atoms with Crippen molar-refractivity contribution in [1.29, 1.82) is 0 Å². The lowest BCUT2D eigenvalue weighted by Gasteiger charge is -2.43. The van der Waals surface area contributed by atoms with Gasteiger partial charge >= 0.3 is 0 Å². The van der Waals surface area contributed by atoms with Crippen molar-refractivity contribution in [2.24, 2.45) is 5.92 Å². The molecule has 0 aromatic rings. The van der Waals surface area contributed by atoms with Crippen LogP contribution >= 0.6 is 0 Å². The molecular formula is C14H26N2O. The molecule has 0 aromatic heterocycles. The van der Waals surface area contributed by atoms with E-state index in [4.69, 9.17) is 0 Å². The minimum atomic E-state index is 0.372. The van der Waals surface area contributed by atoms with Gasteiger partial charge in [-0.05, 0) is 46.4 Å².